The normalized spacial score (nSPS) is 10.6. The van der Waals surface area contributed by atoms with Crippen LogP contribution in [0, 0.1) is 11.7 Å². The molecule has 1 aromatic rings. The minimum atomic E-state index is -1.15. The molecule has 20 heavy (non-hydrogen) atoms. The molecule has 0 aromatic heterocycles. The minimum absolute atomic E-state index is 0.0516. The second-order valence-electron chi connectivity index (χ2n) is 4.76. The summed E-state index contributed by atoms with van der Waals surface area (Å²) < 4.78 is 13.6. The van der Waals surface area contributed by atoms with Gasteiger partial charge in [0.2, 0.25) is 5.91 Å². The molecule has 1 aromatic carbocycles. The van der Waals surface area contributed by atoms with E-state index < -0.39 is 11.8 Å². The predicted molar refractivity (Wildman–Crippen MR) is 75.3 cm³/mol. The standard InChI is InChI=1S/C15H20FNO3/c1-3-5-10(6-4-2)14(18)17-13-9-11(15(19)20)7-8-12(13)16/h7-10H,3-6H2,1-2H3,(H,17,18)(H,19,20). The van der Waals surface area contributed by atoms with E-state index in [0.717, 1.165) is 37.8 Å². The Bertz CT molecular complexity index is 482. The number of carbonyl (C=O) groups is 2. The second kappa shape index (κ2) is 7.62. The molecular weight excluding hydrogens is 261 g/mol. The fraction of sp³-hybridized carbons (Fsp3) is 0.467. The molecule has 0 radical (unpaired) electrons. The summed E-state index contributed by atoms with van der Waals surface area (Å²) in [6, 6.07) is 3.36. The molecular formula is C15H20FNO3. The van der Waals surface area contributed by atoms with Crippen LogP contribution in [0.1, 0.15) is 49.9 Å². The average molecular weight is 281 g/mol. The number of carboxylic acids is 1. The van der Waals surface area contributed by atoms with Gasteiger partial charge in [-0.2, -0.15) is 0 Å². The zero-order chi connectivity index (χ0) is 15.1. The van der Waals surface area contributed by atoms with Crippen LogP contribution in [0.15, 0.2) is 18.2 Å². The number of aromatic carboxylic acids is 1. The van der Waals surface area contributed by atoms with E-state index in [1.807, 2.05) is 13.8 Å². The smallest absolute Gasteiger partial charge is 0.335 e. The van der Waals surface area contributed by atoms with E-state index in [-0.39, 0.29) is 23.1 Å². The summed E-state index contributed by atoms with van der Waals surface area (Å²) in [4.78, 5) is 23.0. The number of benzene rings is 1. The van der Waals surface area contributed by atoms with Gasteiger partial charge < -0.3 is 10.4 Å². The Morgan fingerprint density at radius 1 is 1.25 bits per heavy atom. The van der Waals surface area contributed by atoms with Crippen LogP contribution in [0.3, 0.4) is 0 Å². The van der Waals surface area contributed by atoms with Gasteiger partial charge in [0.15, 0.2) is 0 Å². The average Bonchev–Trinajstić information content (AvgIpc) is 2.40. The van der Waals surface area contributed by atoms with E-state index in [2.05, 4.69) is 5.32 Å². The molecule has 110 valence electrons. The van der Waals surface area contributed by atoms with Crippen molar-refractivity contribution in [3.05, 3.63) is 29.6 Å². The predicted octanol–water partition coefficient (Wildman–Crippen LogP) is 3.68. The third kappa shape index (κ3) is 4.33. The van der Waals surface area contributed by atoms with Crippen molar-refractivity contribution in [2.75, 3.05) is 5.32 Å². The van der Waals surface area contributed by atoms with Gasteiger partial charge in [0.25, 0.3) is 0 Å². The highest BCUT2D eigenvalue weighted by molar-refractivity contribution is 5.95. The number of anilines is 1. The molecule has 0 fully saturated rings. The van der Waals surface area contributed by atoms with Crippen molar-refractivity contribution < 1.29 is 19.1 Å². The number of amides is 1. The summed E-state index contributed by atoms with van der Waals surface area (Å²) in [6.07, 6.45) is 3.21. The minimum Gasteiger partial charge on any atom is -0.478 e. The van der Waals surface area contributed by atoms with Crippen LogP contribution in [-0.2, 0) is 4.79 Å². The maximum absolute atomic E-state index is 13.6. The van der Waals surface area contributed by atoms with Crippen molar-refractivity contribution in [1.82, 2.24) is 0 Å². The van der Waals surface area contributed by atoms with Crippen molar-refractivity contribution in [3.8, 4) is 0 Å². The summed E-state index contributed by atoms with van der Waals surface area (Å²) in [5.41, 5.74) is -0.128. The molecule has 0 saturated heterocycles. The molecule has 0 bridgehead atoms. The molecule has 0 atom stereocenters. The van der Waals surface area contributed by atoms with Crippen molar-refractivity contribution in [2.24, 2.45) is 5.92 Å². The van der Waals surface area contributed by atoms with E-state index in [9.17, 15) is 14.0 Å². The molecule has 0 aliphatic heterocycles. The highest BCUT2D eigenvalue weighted by Gasteiger charge is 2.18. The van der Waals surface area contributed by atoms with Crippen LogP contribution in [-0.4, -0.2) is 17.0 Å². The fourth-order valence-electron chi connectivity index (χ4n) is 2.09. The maximum Gasteiger partial charge on any atom is 0.335 e. The quantitative estimate of drug-likeness (QED) is 0.801. The molecule has 2 N–H and O–H groups in total. The van der Waals surface area contributed by atoms with Gasteiger partial charge in [-0.3, -0.25) is 4.79 Å². The number of carbonyl (C=O) groups excluding carboxylic acids is 1. The van der Waals surface area contributed by atoms with Crippen LogP contribution >= 0.6 is 0 Å². The van der Waals surface area contributed by atoms with Crippen molar-refractivity contribution >= 4 is 17.6 Å². The lowest BCUT2D eigenvalue weighted by molar-refractivity contribution is -0.120. The van der Waals surface area contributed by atoms with Crippen molar-refractivity contribution in [2.45, 2.75) is 39.5 Å². The lowest BCUT2D eigenvalue weighted by atomic mass is 9.97. The van der Waals surface area contributed by atoms with E-state index in [1.54, 1.807) is 0 Å². The van der Waals surface area contributed by atoms with E-state index in [0.29, 0.717) is 0 Å². The zero-order valence-electron chi connectivity index (χ0n) is 11.8. The molecule has 0 spiro atoms. The van der Waals surface area contributed by atoms with Gasteiger partial charge >= 0.3 is 5.97 Å². The van der Waals surface area contributed by atoms with Gasteiger partial charge in [-0.1, -0.05) is 26.7 Å². The summed E-state index contributed by atoms with van der Waals surface area (Å²) in [6.45, 7) is 3.98. The van der Waals surface area contributed by atoms with Crippen molar-refractivity contribution in [1.29, 1.82) is 0 Å². The molecule has 0 heterocycles. The van der Waals surface area contributed by atoms with Gasteiger partial charge in [-0.15, -0.1) is 0 Å². The first-order valence-electron chi connectivity index (χ1n) is 6.83. The number of hydrogen-bond donors (Lipinski definition) is 2. The topological polar surface area (TPSA) is 66.4 Å². The third-order valence-corrected chi connectivity index (χ3v) is 3.12. The molecule has 0 aliphatic carbocycles. The van der Waals surface area contributed by atoms with Crippen LogP contribution in [0.5, 0.6) is 0 Å². The molecule has 1 amide bonds. The summed E-state index contributed by atoms with van der Waals surface area (Å²) >= 11 is 0. The lowest BCUT2D eigenvalue weighted by Gasteiger charge is -2.15. The molecule has 0 unspecified atom stereocenters. The Kier molecular flexibility index (Phi) is 6.15. The van der Waals surface area contributed by atoms with E-state index >= 15 is 0 Å². The van der Waals surface area contributed by atoms with Gasteiger partial charge in [-0.05, 0) is 31.0 Å². The second-order valence-corrected chi connectivity index (χ2v) is 4.76. The van der Waals surface area contributed by atoms with Crippen LogP contribution in [0.2, 0.25) is 0 Å². The van der Waals surface area contributed by atoms with Gasteiger partial charge in [0.05, 0.1) is 11.3 Å². The Balaban J connectivity index is 2.87. The van der Waals surface area contributed by atoms with E-state index in [4.69, 9.17) is 5.11 Å². The van der Waals surface area contributed by atoms with Gasteiger partial charge in [0.1, 0.15) is 5.82 Å². The monoisotopic (exact) mass is 281 g/mol. The molecule has 5 heteroatoms. The third-order valence-electron chi connectivity index (χ3n) is 3.12. The first-order chi connectivity index (χ1) is 9.49. The fourth-order valence-corrected chi connectivity index (χ4v) is 2.09. The number of rotatable bonds is 7. The molecule has 0 aliphatic rings. The lowest BCUT2D eigenvalue weighted by Crippen LogP contribution is -2.23. The van der Waals surface area contributed by atoms with Crippen LogP contribution in [0.4, 0.5) is 10.1 Å². The number of halogens is 1. The first-order valence-corrected chi connectivity index (χ1v) is 6.83. The summed E-state index contributed by atoms with van der Waals surface area (Å²) in [5, 5.41) is 11.4. The zero-order valence-corrected chi connectivity index (χ0v) is 11.8. The maximum atomic E-state index is 13.6. The highest BCUT2D eigenvalue weighted by atomic mass is 19.1. The summed E-state index contributed by atoms with van der Waals surface area (Å²) in [7, 11) is 0. The van der Waals surface area contributed by atoms with Gasteiger partial charge in [0, 0.05) is 5.92 Å². The van der Waals surface area contributed by atoms with Crippen LogP contribution < -0.4 is 5.32 Å². The van der Waals surface area contributed by atoms with Crippen molar-refractivity contribution in [3.63, 3.8) is 0 Å². The molecule has 0 saturated carbocycles. The van der Waals surface area contributed by atoms with Gasteiger partial charge in [-0.25, -0.2) is 9.18 Å². The Morgan fingerprint density at radius 3 is 2.35 bits per heavy atom. The summed E-state index contributed by atoms with van der Waals surface area (Å²) in [5.74, 6) is -2.21. The Labute approximate surface area is 118 Å². The number of nitrogens with one attached hydrogen (secondary N) is 1. The Morgan fingerprint density at radius 2 is 1.85 bits per heavy atom. The van der Waals surface area contributed by atoms with E-state index in [1.165, 1.54) is 6.07 Å². The number of carboxylic acid groups (broad SMARTS) is 1. The van der Waals surface area contributed by atoms with Crippen LogP contribution in [0.25, 0.3) is 0 Å². The SMILES string of the molecule is CCCC(CCC)C(=O)Nc1cc(C(=O)O)ccc1F. The molecule has 1 rings (SSSR count). The number of hydrogen-bond acceptors (Lipinski definition) is 2. The molecule has 4 nitrogen and oxygen atoms in total. The first kappa shape index (κ1) is 16.1. The largest absolute Gasteiger partial charge is 0.478 e. The Hall–Kier alpha value is -1.91. The highest BCUT2D eigenvalue weighted by Crippen LogP contribution is 2.20.